The van der Waals surface area contributed by atoms with E-state index < -0.39 is 17.4 Å². The van der Waals surface area contributed by atoms with Crippen molar-refractivity contribution < 1.29 is 19.8 Å². The molecule has 0 spiro atoms. The maximum Gasteiger partial charge on any atom is 0.309 e. The van der Waals surface area contributed by atoms with Crippen molar-refractivity contribution in [3.05, 3.63) is 0 Å². The van der Waals surface area contributed by atoms with Crippen LogP contribution in [0.15, 0.2) is 0 Å². The van der Waals surface area contributed by atoms with Gasteiger partial charge < -0.3 is 10.2 Å². The quantitative estimate of drug-likeness (QED) is 0.114. The largest absolute Gasteiger partial charge is 0.481 e. The van der Waals surface area contributed by atoms with Crippen LogP contribution in [0.4, 0.5) is 0 Å². The average Bonchev–Trinajstić information content (AvgIpc) is 2.80. The third-order valence-corrected chi connectivity index (χ3v) is 7.52. The molecular weight excluding hydrogens is 424 g/mol. The van der Waals surface area contributed by atoms with Crippen molar-refractivity contribution in [2.45, 2.75) is 174 Å². The molecule has 0 aromatic carbocycles. The van der Waals surface area contributed by atoms with E-state index in [-0.39, 0.29) is 0 Å². The van der Waals surface area contributed by atoms with E-state index in [4.69, 9.17) is 5.11 Å². The highest BCUT2D eigenvalue weighted by atomic mass is 16.4. The summed E-state index contributed by atoms with van der Waals surface area (Å²) in [5.41, 5.74) is -0.487. The summed E-state index contributed by atoms with van der Waals surface area (Å²) in [6, 6.07) is 0. The lowest BCUT2D eigenvalue weighted by Crippen LogP contribution is -2.31. The predicted octanol–water partition coefficient (Wildman–Crippen LogP) is 9.93. The monoisotopic (exact) mass is 482 g/mol. The minimum absolute atomic E-state index is 0.306. The zero-order valence-electron chi connectivity index (χ0n) is 22.9. The maximum absolute atomic E-state index is 12.4. The molecule has 0 atom stereocenters. The molecule has 0 saturated heterocycles. The number of hydrogen-bond acceptors (Lipinski definition) is 2. The van der Waals surface area contributed by atoms with E-state index in [1.807, 2.05) is 0 Å². The molecule has 34 heavy (non-hydrogen) atoms. The van der Waals surface area contributed by atoms with Crippen LogP contribution in [0.3, 0.4) is 0 Å². The highest BCUT2D eigenvalue weighted by Gasteiger charge is 2.36. The molecule has 0 radical (unpaired) electrons. The van der Waals surface area contributed by atoms with Crippen molar-refractivity contribution in [2.24, 2.45) is 5.41 Å². The van der Waals surface area contributed by atoms with Crippen molar-refractivity contribution in [3.63, 3.8) is 0 Å². The van der Waals surface area contributed by atoms with Gasteiger partial charge in [-0.3, -0.25) is 9.59 Å². The fourth-order valence-electron chi connectivity index (χ4n) is 5.16. The Hall–Kier alpha value is -1.06. The maximum atomic E-state index is 12.4. The van der Waals surface area contributed by atoms with Gasteiger partial charge in [-0.1, -0.05) is 142 Å². The second kappa shape index (κ2) is 23.7. The molecule has 0 saturated carbocycles. The van der Waals surface area contributed by atoms with Gasteiger partial charge in [-0.25, -0.2) is 0 Å². The first-order chi connectivity index (χ1) is 16.5. The second-order valence-electron chi connectivity index (χ2n) is 10.7. The molecule has 0 aromatic heterocycles. The highest BCUT2D eigenvalue weighted by molar-refractivity contribution is 5.74. The summed E-state index contributed by atoms with van der Waals surface area (Å²) in [6.45, 7) is 4.45. The summed E-state index contributed by atoms with van der Waals surface area (Å²) < 4.78 is 0. The number of hydrogen-bond donors (Lipinski definition) is 2. The van der Waals surface area contributed by atoms with Gasteiger partial charge in [0.15, 0.2) is 0 Å². The summed E-state index contributed by atoms with van der Waals surface area (Å²) in [6.07, 6.45) is 27.6. The Bertz CT molecular complexity index is 460. The van der Waals surface area contributed by atoms with Crippen LogP contribution in [0, 0.1) is 5.41 Å². The number of rotatable bonds is 27. The van der Waals surface area contributed by atoms with Crippen molar-refractivity contribution in [1.82, 2.24) is 0 Å². The summed E-state index contributed by atoms with van der Waals surface area (Å²) >= 11 is 0. The van der Waals surface area contributed by atoms with Crippen LogP contribution in [0.2, 0.25) is 0 Å². The summed E-state index contributed by atoms with van der Waals surface area (Å²) in [4.78, 5) is 22.9. The molecule has 0 aliphatic heterocycles. The Kier molecular flexibility index (Phi) is 22.9. The Labute approximate surface area is 211 Å². The highest BCUT2D eigenvalue weighted by Crippen LogP contribution is 2.38. The smallest absolute Gasteiger partial charge is 0.309 e. The number of aliphatic carboxylic acids is 2. The number of carbonyl (C=O) groups is 2. The number of carboxylic acids is 2. The van der Waals surface area contributed by atoms with Crippen molar-refractivity contribution in [3.8, 4) is 0 Å². The van der Waals surface area contributed by atoms with Gasteiger partial charge in [0.25, 0.3) is 0 Å². The summed E-state index contributed by atoms with van der Waals surface area (Å²) in [5, 5.41) is 18.9. The number of carboxylic acid groups (broad SMARTS) is 2. The van der Waals surface area contributed by atoms with Crippen LogP contribution in [-0.2, 0) is 9.59 Å². The average molecular weight is 483 g/mol. The third-order valence-electron chi connectivity index (χ3n) is 7.52. The van der Waals surface area contributed by atoms with Gasteiger partial charge in [0.05, 0.1) is 5.41 Å². The fraction of sp³-hybridized carbons (Fsp3) is 0.933. The minimum Gasteiger partial charge on any atom is -0.481 e. The Morgan fingerprint density at radius 3 is 1.06 bits per heavy atom. The van der Waals surface area contributed by atoms with Crippen molar-refractivity contribution in [2.75, 3.05) is 0 Å². The van der Waals surface area contributed by atoms with Crippen molar-refractivity contribution in [1.29, 1.82) is 0 Å². The number of unbranched alkanes of at least 4 members (excludes halogenated alkanes) is 18. The molecule has 0 rings (SSSR count). The fourth-order valence-corrected chi connectivity index (χ4v) is 5.16. The predicted molar refractivity (Wildman–Crippen MR) is 144 cm³/mol. The summed E-state index contributed by atoms with van der Waals surface area (Å²) in [5.74, 6) is -1.22. The molecule has 0 bridgehead atoms. The lowest BCUT2D eigenvalue weighted by atomic mass is 9.74. The van der Waals surface area contributed by atoms with Crippen molar-refractivity contribution >= 4 is 11.9 Å². The molecule has 0 fully saturated rings. The van der Waals surface area contributed by atoms with E-state index in [1.165, 1.54) is 89.9 Å². The molecule has 0 heterocycles. The molecule has 4 nitrogen and oxygen atoms in total. The van der Waals surface area contributed by atoms with Crippen LogP contribution >= 0.6 is 0 Å². The van der Waals surface area contributed by atoms with Gasteiger partial charge in [-0.05, 0) is 25.7 Å². The van der Waals surface area contributed by atoms with E-state index in [2.05, 4.69) is 13.8 Å². The van der Waals surface area contributed by atoms with Gasteiger partial charge in [-0.15, -0.1) is 0 Å². The Morgan fingerprint density at radius 1 is 0.471 bits per heavy atom. The second-order valence-corrected chi connectivity index (χ2v) is 10.7. The lowest BCUT2D eigenvalue weighted by Gasteiger charge is -2.30. The van der Waals surface area contributed by atoms with Gasteiger partial charge in [0, 0.05) is 6.42 Å². The molecule has 2 N–H and O–H groups in total. The van der Waals surface area contributed by atoms with Crippen LogP contribution in [0.5, 0.6) is 0 Å². The molecular formula is C30H58O4. The van der Waals surface area contributed by atoms with E-state index in [9.17, 15) is 14.7 Å². The van der Waals surface area contributed by atoms with E-state index in [0.717, 1.165) is 64.2 Å². The molecule has 0 unspecified atom stereocenters. The lowest BCUT2D eigenvalue weighted by molar-refractivity contribution is -0.151. The topological polar surface area (TPSA) is 74.6 Å². The molecule has 4 heteroatoms. The third kappa shape index (κ3) is 19.3. The van der Waals surface area contributed by atoms with Gasteiger partial charge in [-0.2, -0.15) is 0 Å². The van der Waals surface area contributed by atoms with E-state index >= 15 is 0 Å². The minimum atomic E-state index is -0.681. The van der Waals surface area contributed by atoms with Gasteiger partial charge >= 0.3 is 11.9 Å². The first-order valence-corrected chi connectivity index (χ1v) is 14.9. The first kappa shape index (κ1) is 32.9. The molecule has 0 aromatic rings. The SMILES string of the molecule is CCCCCCCC(CCCCCCC)(CCCCCCCCCCCCCC(=O)O)C(=O)O. The van der Waals surface area contributed by atoms with E-state index in [0.29, 0.717) is 6.42 Å². The standard InChI is InChI=1S/C30H58O4/c1-3-5-7-17-21-25-30(29(33)34,26-22-18-8-6-4-2)27-23-19-15-13-11-9-10-12-14-16-20-24-28(31)32/h3-27H2,1-2H3,(H,31,32)(H,33,34). The van der Waals surface area contributed by atoms with Crippen LogP contribution in [0.25, 0.3) is 0 Å². The van der Waals surface area contributed by atoms with E-state index in [1.54, 1.807) is 0 Å². The van der Waals surface area contributed by atoms with Gasteiger partial charge in [0.1, 0.15) is 0 Å². The first-order valence-electron chi connectivity index (χ1n) is 14.9. The molecule has 202 valence electrons. The normalized spacial score (nSPS) is 11.7. The summed E-state index contributed by atoms with van der Waals surface area (Å²) in [7, 11) is 0. The molecule has 0 aliphatic rings. The molecule has 0 aliphatic carbocycles. The van der Waals surface area contributed by atoms with Crippen LogP contribution < -0.4 is 0 Å². The zero-order valence-corrected chi connectivity index (χ0v) is 22.9. The van der Waals surface area contributed by atoms with Gasteiger partial charge in [0.2, 0.25) is 0 Å². The Morgan fingerprint density at radius 2 is 0.765 bits per heavy atom. The molecule has 0 amide bonds. The Balaban J connectivity index is 4.14. The van der Waals surface area contributed by atoms with Crippen LogP contribution in [0.1, 0.15) is 174 Å². The van der Waals surface area contributed by atoms with Crippen LogP contribution in [-0.4, -0.2) is 22.2 Å². The zero-order chi connectivity index (χ0) is 25.3.